The molecule has 0 spiro atoms. The lowest BCUT2D eigenvalue weighted by Crippen LogP contribution is -2.36. The van der Waals surface area contributed by atoms with Gasteiger partial charge in [-0.25, -0.2) is 13.9 Å². The highest BCUT2D eigenvalue weighted by atomic mass is 31.3. The molecule has 0 aromatic carbocycles. The van der Waals surface area contributed by atoms with Crippen molar-refractivity contribution in [3.8, 4) is 0 Å². The monoisotopic (exact) mass is 1070 g/mol. The van der Waals surface area contributed by atoms with E-state index in [9.17, 15) is 48.3 Å². The first kappa shape index (κ1) is 64.7. The van der Waals surface area contributed by atoms with Crippen LogP contribution >= 0.6 is 15.6 Å². The fourth-order valence-electron chi connectivity index (χ4n) is 6.92. The standard InChI is InChI=1S/C52H81N3O16P2/c1-3-5-7-8-9-10-11-12-13-14-15-16-17-18-19-22-25-28-32-36-47(57)66-40-44(69-48(58)37-33-29-26-23-20-21-24-27-31-35-43(56)34-30-6-4-2)41-67-72(62,63)71-73(64,65)68-42-45-49(59)50(60)51(70-45)55-39-38-46(53)54-52(55)61/h9-10,12-13,15-16,18-19,24-25,27-28,31,35,38-39,44-45,49-51,59-60H,3-8,11,14,17,20-23,26,29-30,32-34,36-37,40-42H2,1-2H3,(H,62,63)(H,64,65)(H2,53,54,61)/b10-9-,13-12-,16-15-,19-18-,27-24-,28-25-,35-31+/t44-,45-,49-,50-,51-/m1/s1. The molecular formula is C52H81N3O16P2. The summed E-state index contributed by atoms with van der Waals surface area (Å²) in [5.74, 6) is -1.35. The number of phosphoric ester groups is 2. The summed E-state index contributed by atoms with van der Waals surface area (Å²) in [6.45, 7) is 1.85. The lowest BCUT2D eigenvalue weighted by atomic mass is 10.1. The summed E-state index contributed by atoms with van der Waals surface area (Å²) in [5.41, 5.74) is 4.57. The third kappa shape index (κ3) is 31.8. The molecule has 1 saturated heterocycles. The van der Waals surface area contributed by atoms with E-state index < -0.39 is 83.7 Å². The minimum Gasteiger partial charge on any atom is -0.462 e. The first-order chi connectivity index (χ1) is 35.1. The van der Waals surface area contributed by atoms with Gasteiger partial charge < -0.3 is 39.9 Å². The fraction of sp³-hybridized carbons (Fsp3) is 0.596. The van der Waals surface area contributed by atoms with E-state index >= 15 is 0 Å². The molecule has 21 heteroatoms. The summed E-state index contributed by atoms with van der Waals surface area (Å²) in [6.07, 6.45) is 38.0. The number of allylic oxidation sites excluding steroid dienone is 14. The van der Waals surface area contributed by atoms with Crippen molar-refractivity contribution in [1.29, 1.82) is 0 Å². The number of ketones is 1. The van der Waals surface area contributed by atoms with E-state index in [1.165, 1.54) is 25.3 Å². The Kier molecular flexibility index (Phi) is 34.7. The topological polar surface area (TPSA) is 283 Å². The van der Waals surface area contributed by atoms with E-state index in [0.717, 1.165) is 81.4 Å². The molecule has 0 amide bonds. The van der Waals surface area contributed by atoms with Crippen molar-refractivity contribution in [2.24, 2.45) is 0 Å². The fourth-order valence-corrected chi connectivity index (χ4v) is 9.03. The van der Waals surface area contributed by atoms with Crippen LogP contribution in [-0.2, 0) is 51.1 Å². The van der Waals surface area contributed by atoms with Gasteiger partial charge in [-0.15, -0.1) is 0 Å². The highest BCUT2D eigenvalue weighted by Gasteiger charge is 2.46. The number of aliphatic hydroxyl groups is 2. The molecule has 410 valence electrons. The van der Waals surface area contributed by atoms with Crippen LogP contribution in [0.4, 0.5) is 5.82 Å². The van der Waals surface area contributed by atoms with E-state index in [2.05, 4.69) is 65.7 Å². The first-order valence-corrected chi connectivity index (χ1v) is 28.5. The van der Waals surface area contributed by atoms with Crippen LogP contribution in [0.2, 0.25) is 0 Å². The van der Waals surface area contributed by atoms with E-state index in [1.807, 2.05) is 30.4 Å². The summed E-state index contributed by atoms with van der Waals surface area (Å²) in [7, 11) is -10.9. The molecule has 1 aliphatic rings. The summed E-state index contributed by atoms with van der Waals surface area (Å²) >= 11 is 0. The SMILES string of the molecule is CCCCC/C=C\C/C=C\C/C=C\C/C=C\C/C=C\CCC(=O)OC[C@H](COP(=O)(O)OP(=O)(O)OC[C@H]1O[C@@H](n2ccc(N)nc2=O)[C@H](O)[C@@H]1O)OC(=O)CCCCCCC/C=C\C=C\C(=O)CCCCC. The third-order valence-corrected chi connectivity index (χ3v) is 13.5. The maximum atomic E-state index is 12.9. The maximum Gasteiger partial charge on any atom is 0.481 e. The zero-order valence-electron chi connectivity index (χ0n) is 42.6. The number of aromatic nitrogens is 2. The van der Waals surface area contributed by atoms with Crippen molar-refractivity contribution in [2.45, 2.75) is 179 Å². The van der Waals surface area contributed by atoms with Crippen LogP contribution in [0.15, 0.2) is 102 Å². The van der Waals surface area contributed by atoms with Crippen LogP contribution in [-0.4, -0.2) is 91.5 Å². The zero-order valence-corrected chi connectivity index (χ0v) is 44.4. The third-order valence-electron chi connectivity index (χ3n) is 10.9. The van der Waals surface area contributed by atoms with Crippen LogP contribution in [0.1, 0.15) is 155 Å². The van der Waals surface area contributed by atoms with Crippen molar-refractivity contribution < 1.29 is 71.1 Å². The van der Waals surface area contributed by atoms with Crippen LogP contribution in [0.3, 0.4) is 0 Å². The van der Waals surface area contributed by atoms with Gasteiger partial charge in [0.25, 0.3) is 0 Å². The minimum absolute atomic E-state index is 0.0185. The van der Waals surface area contributed by atoms with Crippen LogP contribution in [0, 0.1) is 0 Å². The van der Waals surface area contributed by atoms with Gasteiger partial charge in [0.15, 0.2) is 18.1 Å². The Hall–Kier alpha value is -4.39. The normalized spacial score (nSPS) is 19.6. The second-order valence-corrected chi connectivity index (χ2v) is 20.4. The van der Waals surface area contributed by atoms with Gasteiger partial charge in [0.2, 0.25) is 0 Å². The number of carbonyl (C=O) groups excluding carboxylic acids is 3. The molecule has 0 saturated carbocycles. The molecule has 0 aliphatic carbocycles. The summed E-state index contributed by atoms with van der Waals surface area (Å²) in [6, 6.07) is 1.24. The second kappa shape index (κ2) is 39.1. The van der Waals surface area contributed by atoms with Crippen LogP contribution in [0.5, 0.6) is 0 Å². The number of phosphoric acid groups is 2. The Labute approximate surface area is 431 Å². The number of esters is 2. The van der Waals surface area contributed by atoms with Crippen molar-refractivity contribution in [1.82, 2.24) is 9.55 Å². The minimum atomic E-state index is -5.46. The summed E-state index contributed by atoms with van der Waals surface area (Å²) in [4.78, 5) is 73.7. The van der Waals surface area contributed by atoms with E-state index in [0.29, 0.717) is 32.1 Å². The largest absolute Gasteiger partial charge is 0.481 e. The lowest BCUT2D eigenvalue weighted by molar-refractivity contribution is -0.161. The van der Waals surface area contributed by atoms with Crippen molar-refractivity contribution >= 4 is 39.2 Å². The average molecular weight is 1070 g/mol. The Morgan fingerprint density at radius 3 is 1.92 bits per heavy atom. The second-order valence-electron chi connectivity index (χ2n) is 17.3. The molecule has 73 heavy (non-hydrogen) atoms. The number of carbonyl (C=O) groups is 3. The van der Waals surface area contributed by atoms with Gasteiger partial charge in [0.1, 0.15) is 30.7 Å². The zero-order chi connectivity index (χ0) is 53.6. The molecule has 1 aromatic heterocycles. The van der Waals surface area contributed by atoms with Crippen molar-refractivity contribution in [3.63, 3.8) is 0 Å². The predicted molar refractivity (Wildman–Crippen MR) is 280 cm³/mol. The number of unbranched alkanes of at least 4 members (excludes halogenated alkanes) is 10. The number of rotatable bonds is 41. The molecule has 2 rings (SSSR count). The van der Waals surface area contributed by atoms with Crippen LogP contribution in [0.25, 0.3) is 0 Å². The molecule has 1 aliphatic heterocycles. The average Bonchev–Trinajstić information content (AvgIpc) is 3.62. The molecule has 6 N–H and O–H groups in total. The van der Waals surface area contributed by atoms with Gasteiger partial charge in [-0.1, -0.05) is 138 Å². The summed E-state index contributed by atoms with van der Waals surface area (Å²) in [5, 5.41) is 20.9. The van der Waals surface area contributed by atoms with E-state index in [1.54, 1.807) is 12.2 Å². The van der Waals surface area contributed by atoms with Gasteiger partial charge >= 0.3 is 33.3 Å². The highest BCUT2D eigenvalue weighted by molar-refractivity contribution is 7.61. The Bertz CT molecular complexity index is 2120. The summed E-state index contributed by atoms with van der Waals surface area (Å²) < 4.78 is 56.6. The number of anilines is 1. The molecule has 1 aromatic rings. The number of nitrogens with two attached hydrogens (primary N) is 1. The van der Waals surface area contributed by atoms with Gasteiger partial charge in [-0.3, -0.25) is 28.0 Å². The Balaban J connectivity index is 1.85. The molecule has 0 radical (unpaired) electrons. The van der Waals surface area contributed by atoms with Crippen molar-refractivity contribution in [2.75, 3.05) is 25.6 Å². The number of nitrogen functional groups attached to an aromatic ring is 1. The van der Waals surface area contributed by atoms with Crippen LogP contribution < -0.4 is 11.4 Å². The molecule has 1 fully saturated rings. The lowest BCUT2D eigenvalue weighted by Gasteiger charge is -2.21. The molecule has 7 atom stereocenters. The number of hydrogen-bond acceptors (Lipinski definition) is 16. The number of ether oxygens (including phenoxy) is 3. The van der Waals surface area contributed by atoms with E-state index in [-0.39, 0.29) is 24.4 Å². The molecule has 2 heterocycles. The highest BCUT2D eigenvalue weighted by Crippen LogP contribution is 2.60. The van der Waals surface area contributed by atoms with Gasteiger partial charge in [-0.2, -0.15) is 9.29 Å². The molecule has 0 bridgehead atoms. The number of nitrogens with zero attached hydrogens (tertiary/aromatic N) is 2. The molecule has 2 unspecified atom stereocenters. The number of aliphatic hydroxyl groups excluding tert-OH is 2. The van der Waals surface area contributed by atoms with Gasteiger partial charge in [-0.05, 0) is 82.8 Å². The Morgan fingerprint density at radius 2 is 1.26 bits per heavy atom. The predicted octanol–water partition coefficient (Wildman–Crippen LogP) is 9.84. The number of hydrogen-bond donors (Lipinski definition) is 5. The maximum absolute atomic E-state index is 12.9. The molecular weight excluding hydrogens is 985 g/mol. The first-order valence-electron chi connectivity index (χ1n) is 25.6. The van der Waals surface area contributed by atoms with E-state index in [4.69, 9.17) is 29.0 Å². The smallest absolute Gasteiger partial charge is 0.462 e. The van der Waals surface area contributed by atoms with Gasteiger partial charge in [0.05, 0.1) is 13.2 Å². The quantitative estimate of drug-likeness (QED) is 0.0102. The van der Waals surface area contributed by atoms with Gasteiger partial charge in [0, 0.05) is 25.5 Å². The Morgan fingerprint density at radius 1 is 0.699 bits per heavy atom. The van der Waals surface area contributed by atoms with Crippen molar-refractivity contribution in [3.05, 3.63) is 108 Å². The molecule has 19 nitrogen and oxygen atoms in total.